The molecule has 10 heavy (non-hydrogen) atoms. The van der Waals surface area contributed by atoms with Crippen LogP contribution in [-0.2, 0) is 14.1 Å². The summed E-state index contributed by atoms with van der Waals surface area (Å²) in [5, 5.41) is 7.92. The SMILES string of the molecule is N#CCCOOP(=O)(O)O. The zero-order valence-corrected chi connectivity index (χ0v) is 5.82. The summed E-state index contributed by atoms with van der Waals surface area (Å²) in [5.41, 5.74) is 0. The predicted octanol–water partition coefficient (Wildman–Crippen LogP) is -0.0590. The second-order valence-corrected chi connectivity index (χ2v) is 2.43. The van der Waals surface area contributed by atoms with Crippen molar-refractivity contribution >= 4 is 7.82 Å². The molecular weight excluding hydrogens is 161 g/mol. The van der Waals surface area contributed by atoms with Gasteiger partial charge in [0.05, 0.1) is 19.1 Å². The molecule has 0 aliphatic heterocycles. The first-order valence-corrected chi connectivity index (χ1v) is 3.83. The van der Waals surface area contributed by atoms with Crippen LogP contribution in [-0.4, -0.2) is 16.4 Å². The van der Waals surface area contributed by atoms with Crippen molar-refractivity contribution in [2.24, 2.45) is 0 Å². The fraction of sp³-hybridized carbons (Fsp3) is 0.667. The molecule has 0 aliphatic rings. The average Bonchev–Trinajstić information content (AvgIpc) is 1.78. The molecule has 0 saturated heterocycles. The number of phosphoric acid groups is 1. The standard InChI is InChI=1S/C3H6NO5P/c4-2-1-3-8-9-10(5,6)7/h1,3H2,(H2,5,6,7). The molecule has 58 valence electrons. The van der Waals surface area contributed by atoms with E-state index in [1.54, 1.807) is 6.07 Å². The summed E-state index contributed by atoms with van der Waals surface area (Å²) in [7, 11) is -4.54. The maximum atomic E-state index is 9.86. The summed E-state index contributed by atoms with van der Waals surface area (Å²) >= 11 is 0. The van der Waals surface area contributed by atoms with E-state index in [0.717, 1.165) is 0 Å². The molecular formula is C3H6NO5P. The van der Waals surface area contributed by atoms with Crippen molar-refractivity contribution in [1.29, 1.82) is 5.26 Å². The van der Waals surface area contributed by atoms with Crippen molar-refractivity contribution in [2.75, 3.05) is 6.61 Å². The molecule has 0 amide bonds. The summed E-state index contributed by atoms with van der Waals surface area (Å²) in [4.78, 5) is 19.9. The van der Waals surface area contributed by atoms with Crippen LogP contribution >= 0.6 is 7.82 Å². The van der Waals surface area contributed by atoms with Gasteiger partial charge in [-0.3, -0.25) is 0 Å². The average molecular weight is 167 g/mol. The van der Waals surface area contributed by atoms with Crippen molar-refractivity contribution in [3.8, 4) is 6.07 Å². The van der Waals surface area contributed by atoms with Crippen molar-refractivity contribution in [2.45, 2.75) is 6.42 Å². The van der Waals surface area contributed by atoms with Crippen LogP contribution in [0.5, 0.6) is 0 Å². The third-order valence-electron chi connectivity index (χ3n) is 0.447. The smallest absolute Gasteiger partial charge is 0.301 e. The van der Waals surface area contributed by atoms with E-state index in [0.29, 0.717) is 0 Å². The van der Waals surface area contributed by atoms with E-state index >= 15 is 0 Å². The summed E-state index contributed by atoms with van der Waals surface area (Å²) < 4.78 is 13.4. The van der Waals surface area contributed by atoms with Crippen molar-refractivity contribution < 1.29 is 23.9 Å². The Morgan fingerprint density at radius 3 is 2.60 bits per heavy atom. The quantitative estimate of drug-likeness (QED) is 0.263. The minimum absolute atomic E-state index is 0.0278. The molecule has 0 unspecified atom stereocenters. The number of rotatable bonds is 4. The van der Waals surface area contributed by atoms with Crippen molar-refractivity contribution in [3.05, 3.63) is 0 Å². The van der Waals surface area contributed by atoms with Crippen LogP contribution in [0.3, 0.4) is 0 Å². The summed E-state index contributed by atoms with van der Waals surface area (Å²) in [6, 6.07) is 1.70. The van der Waals surface area contributed by atoms with Gasteiger partial charge in [-0.1, -0.05) is 0 Å². The van der Waals surface area contributed by atoms with Crippen LogP contribution in [0.15, 0.2) is 0 Å². The highest BCUT2D eigenvalue weighted by molar-refractivity contribution is 7.46. The first-order valence-electron chi connectivity index (χ1n) is 2.30. The number of nitriles is 1. The highest BCUT2D eigenvalue weighted by Gasteiger charge is 2.14. The Balaban J connectivity index is 3.23. The molecule has 0 aliphatic carbocycles. The summed E-state index contributed by atoms with van der Waals surface area (Å²) in [6.45, 7) is -0.151. The topological polar surface area (TPSA) is 99.8 Å². The van der Waals surface area contributed by atoms with E-state index in [4.69, 9.17) is 15.0 Å². The van der Waals surface area contributed by atoms with E-state index in [2.05, 4.69) is 9.56 Å². The number of hydrogen-bond acceptors (Lipinski definition) is 4. The van der Waals surface area contributed by atoms with E-state index in [9.17, 15) is 4.57 Å². The second kappa shape index (κ2) is 4.39. The van der Waals surface area contributed by atoms with Gasteiger partial charge in [-0.05, 0) is 0 Å². The van der Waals surface area contributed by atoms with Crippen LogP contribution < -0.4 is 0 Å². The molecule has 0 radical (unpaired) electrons. The zero-order valence-electron chi connectivity index (χ0n) is 4.93. The molecule has 7 heteroatoms. The zero-order chi connectivity index (χ0) is 8.04. The van der Waals surface area contributed by atoms with Gasteiger partial charge in [0.1, 0.15) is 0 Å². The lowest BCUT2D eigenvalue weighted by Crippen LogP contribution is -1.93. The number of hydrogen-bond donors (Lipinski definition) is 2. The Morgan fingerprint density at radius 2 is 2.20 bits per heavy atom. The molecule has 0 bridgehead atoms. The summed E-state index contributed by atoms with van der Waals surface area (Å²) in [6.07, 6.45) is 0.0278. The predicted molar refractivity (Wildman–Crippen MR) is 29.3 cm³/mol. The van der Waals surface area contributed by atoms with Gasteiger partial charge in [-0.25, -0.2) is 9.45 Å². The fourth-order valence-corrected chi connectivity index (χ4v) is 0.405. The van der Waals surface area contributed by atoms with Gasteiger partial charge in [0.15, 0.2) is 0 Å². The van der Waals surface area contributed by atoms with Gasteiger partial charge < -0.3 is 9.79 Å². The van der Waals surface area contributed by atoms with Gasteiger partial charge >= 0.3 is 7.82 Å². The molecule has 0 aromatic carbocycles. The Morgan fingerprint density at radius 1 is 1.60 bits per heavy atom. The normalized spacial score (nSPS) is 10.9. The number of nitrogens with zero attached hydrogens (tertiary/aromatic N) is 1. The third-order valence-corrected chi connectivity index (χ3v) is 0.747. The Bertz CT molecular complexity index is 168. The maximum Gasteiger partial charge on any atom is 0.496 e. The largest absolute Gasteiger partial charge is 0.496 e. The molecule has 0 atom stereocenters. The van der Waals surface area contributed by atoms with Gasteiger partial charge in [0, 0.05) is 0 Å². The molecule has 0 heterocycles. The Hall–Kier alpha value is -0.440. The fourth-order valence-electron chi connectivity index (χ4n) is 0.193. The minimum atomic E-state index is -4.54. The van der Waals surface area contributed by atoms with E-state index in [1.165, 1.54) is 0 Å². The monoisotopic (exact) mass is 167 g/mol. The molecule has 0 aromatic heterocycles. The van der Waals surface area contributed by atoms with Gasteiger partial charge in [0.2, 0.25) is 0 Å². The van der Waals surface area contributed by atoms with E-state index < -0.39 is 7.82 Å². The Kier molecular flexibility index (Phi) is 4.19. The van der Waals surface area contributed by atoms with Gasteiger partial charge in [0.25, 0.3) is 0 Å². The molecule has 6 nitrogen and oxygen atoms in total. The molecule has 0 spiro atoms. The van der Waals surface area contributed by atoms with Crippen LogP contribution in [0, 0.1) is 11.3 Å². The van der Waals surface area contributed by atoms with Gasteiger partial charge in [-0.15, -0.1) is 4.67 Å². The minimum Gasteiger partial charge on any atom is -0.301 e. The van der Waals surface area contributed by atoms with Crippen LogP contribution in [0.25, 0.3) is 0 Å². The lowest BCUT2D eigenvalue weighted by molar-refractivity contribution is -0.220. The lowest BCUT2D eigenvalue weighted by Gasteiger charge is -2.00. The second-order valence-electron chi connectivity index (χ2n) is 1.30. The van der Waals surface area contributed by atoms with E-state index in [-0.39, 0.29) is 13.0 Å². The third kappa shape index (κ3) is 7.56. The molecule has 0 saturated carbocycles. The first kappa shape index (κ1) is 9.56. The molecule has 2 N–H and O–H groups in total. The lowest BCUT2D eigenvalue weighted by atomic mass is 10.5. The molecule has 0 aromatic rings. The van der Waals surface area contributed by atoms with Crippen LogP contribution in [0.1, 0.15) is 6.42 Å². The van der Waals surface area contributed by atoms with E-state index in [1.807, 2.05) is 0 Å². The Labute approximate surface area is 57.2 Å². The van der Waals surface area contributed by atoms with Crippen molar-refractivity contribution in [1.82, 2.24) is 0 Å². The van der Waals surface area contributed by atoms with Crippen LogP contribution in [0.4, 0.5) is 0 Å². The first-order chi connectivity index (χ1) is 4.56. The van der Waals surface area contributed by atoms with Crippen LogP contribution in [0.2, 0.25) is 0 Å². The highest BCUT2D eigenvalue weighted by Crippen LogP contribution is 2.35. The van der Waals surface area contributed by atoms with Crippen molar-refractivity contribution in [3.63, 3.8) is 0 Å². The molecule has 0 rings (SSSR count). The maximum absolute atomic E-state index is 9.86. The highest BCUT2D eigenvalue weighted by atomic mass is 31.2. The van der Waals surface area contributed by atoms with Gasteiger partial charge in [-0.2, -0.15) is 5.26 Å². The summed E-state index contributed by atoms with van der Waals surface area (Å²) in [5.74, 6) is 0. The molecule has 0 fully saturated rings.